The Labute approximate surface area is 260 Å². The first-order valence-electron chi connectivity index (χ1n) is 13.1. The molecule has 0 aromatic heterocycles. The van der Waals surface area contributed by atoms with Gasteiger partial charge in [-0.25, -0.2) is 13.8 Å². The van der Waals surface area contributed by atoms with E-state index < -0.39 is 22.5 Å². The third-order valence-corrected chi connectivity index (χ3v) is 8.18. The van der Waals surface area contributed by atoms with Crippen LogP contribution in [0.4, 0.5) is 11.4 Å². The van der Waals surface area contributed by atoms with Gasteiger partial charge in [-0.2, -0.15) is 5.10 Å². The van der Waals surface area contributed by atoms with Crippen LogP contribution in [-0.2, 0) is 19.6 Å². The zero-order valence-electron chi connectivity index (χ0n) is 23.8. The molecule has 0 aliphatic heterocycles. The summed E-state index contributed by atoms with van der Waals surface area (Å²) in [6, 6.07) is 25.8. The Hall–Kier alpha value is -5.07. The number of anilines is 2. The highest BCUT2D eigenvalue weighted by Gasteiger charge is 2.29. The van der Waals surface area contributed by atoms with Crippen LogP contribution >= 0.6 is 11.6 Å². The van der Waals surface area contributed by atoms with Crippen molar-refractivity contribution in [2.24, 2.45) is 5.10 Å². The largest absolute Gasteiger partial charge is 0.497 e. The molecular formula is C31H29ClN4O7S. The summed E-state index contributed by atoms with van der Waals surface area (Å²) >= 11 is 6.05. The molecule has 0 radical (unpaired) electrons. The number of nitrogens with one attached hydrogen (secondary N) is 2. The molecule has 0 bridgehead atoms. The van der Waals surface area contributed by atoms with Gasteiger partial charge in [-0.05, 0) is 66.2 Å². The van der Waals surface area contributed by atoms with Gasteiger partial charge in [0.05, 0.1) is 41.7 Å². The Balaban J connectivity index is 1.40. The second-order valence-corrected chi connectivity index (χ2v) is 11.3. The lowest BCUT2D eigenvalue weighted by molar-refractivity contribution is -0.119. The molecule has 2 amide bonds. The van der Waals surface area contributed by atoms with Crippen molar-refractivity contribution in [1.82, 2.24) is 5.43 Å². The Bertz CT molecular complexity index is 1730. The molecule has 0 fully saturated rings. The van der Waals surface area contributed by atoms with E-state index in [1.807, 2.05) is 0 Å². The fourth-order valence-corrected chi connectivity index (χ4v) is 5.54. The van der Waals surface area contributed by atoms with Crippen molar-refractivity contribution in [3.63, 3.8) is 0 Å². The molecule has 11 nitrogen and oxygen atoms in total. The molecular weight excluding hydrogens is 608 g/mol. The number of nitrogens with zero attached hydrogens (tertiary/aromatic N) is 2. The van der Waals surface area contributed by atoms with Crippen LogP contribution in [0.3, 0.4) is 0 Å². The van der Waals surface area contributed by atoms with Crippen LogP contribution in [0.5, 0.6) is 17.2 Å². The Kier molecular flexibility index (Phi) is 10.8. The summed E-state index contributed by atoms with van der Waals surface area (Å²) < 4.78 is 44.3. The molecule has 0 spiro atoms. The van der Waals surface area contributed by atoms with Crippen molar-refractivity contribution in [2.45, 2.75) is 4.90 Å². The minimum atomic E-state index is -4.16. The number of benzene rings is 4. The van der Waals surface area contributed by atoms with E-state index in [2.05, 4.69) is 15.8 Å². The van der Waals surface area contributed by atoms with Crippen LogP contribution in [0.25, 0.3) is 0 Å². The van der Waals surface area contributed by atoms with E-state index in [0.29, 0.717) is 27.8 Å². The van der Waals surface area contributed by atoms with Crippen molar-refractivity contribution in [3.05, 3.63) is 108 Å². The molecule has 0 aliphatic rings. The smallest absolute Gasteiger partial charge is 0.264 e. The van der Waals surface area contributed by atoms with Crippen LogP contribution in [-0.4, -0.2) is 53.8 Å². The van der Waals surface area contributed by atoms with E-state index in [9.17, 15) is 18.0 Å². The zero-order valence-corrected chi connectivity index (χ0v) is 25.3. The van der Waals surface area contributed by atoms with Crippen molar-refractivity contribution in [3.8, 4) is 17.2 Å². The molecule has 4 aromatic carbocycles. The number of halogens is 1. The second kappa shape index (κ2) is 14.9. The molecule has 228 valence electrons. The predicted molar refractivity (Wildman–Crippen MR) is 168 cm³/mol. The second-order valence-electron chi connectivity index (χ2n) is 9.04. The summed E-state index contributed by atoms with van der Waals surface area (Å²) in [5.74, 6) is 0.0261. The van der Waals surface area contributed by atoms with E-state index >= 15 is 0 Å². The fraction of sp³-hybridized carbons (Fsp3) is 0.129. The maximum absolute atomic E-state index is 13.6. The molecule has 0 saturated carbocycles. The number of amides is 2. The number of hydrogen-bond acceptors (Lipinski definition) is 8. The highest BCUT2D eigenvalue weighted by Crippen LogP contribution is 2.35. The van der Waals surface area contributed by atoms with E-state index in [0.717, 1.165) is 4.31 Å². The quantitative estimate of drug-likeness (QED) is 0.160. The number of hydrogen-bond donors (Lipinski definition) is 2. The van der Waals surface area contributed by atoms with E-state index in [1.165, 1.54) is 44.7 Å². The monoisotopic (exact) mass is 636 g/mol. The van der Waals surface area contributed by atoms with Gasteiger partial charge in [0, 0.05) is 6.07 Å². The molecule has 2 N–H and O–H groups in total. The summed E-state index contributed by atoms with van der Waals surface area (Å²) in [7, 11) is -1.30. The van der Waals surface area contributed by atoms with Crippen molar-refractivity contribution < 1.29 is 32.2 Å². The van der Waals surface area contributed by atoms with Gasteiger partial charge < -0.3 is 19.5 Å². The first-order chi connectivity index (χ1) is 21.2. The Morgan fingerprint density at radius 2 is 1.55 bits per heavy atom. The maximum atomic E-state index is 13.6. The SMILES string of the molecule is COc1ccc(N(CC(=O)N/N=C\c2ccc(OCC(=O)Nc3ccccc3Cl)cc2)S(=O)(=O)c2ccccc2)c(OC)c1. The predicted octanol–water partition coefficient (Wildman–Crippen LogP) is 4.72. The molecule has 4 rings (SSSR count). The lowest BCUT2D eigenvalue weighted by Gasteiger charge is -2.25. The molecule has 4 aromatic rings. The average molecular weight is 637 g/mol. The molecule has 0 saturated heterocycles. The first-order valence-corrected chi connectivity index (χ1v) is 14.9. The highest BCUT2D eigenvalue weighted by molar-refractivity contribution is 7.92. The Morgan fingerprint density at radius 1 is 0.864 bits per heavy atom. The summed E-state index contributed by atoms with van der Waals surface area (Å²) in [5.41, 5.74) is 3.61. The molecule has 44 heavy (non-hydrogen) atoms. The van der Waals surface area contributed by atoms with Crippen molar-refractivity contribution in [1.29, 1.82) is 0 Å². The first kappa shape index (κ1) is 31.9. The highest BCUT2D eigenvalue weighted by atomic mass is 35.5. The van der Waals surface area contributed by atoms with Gasteiger partial charge in [0.2, 0.25) is 0 Å². The number of ether oxygens (including phenoxy) is 3. The summed E-state index contributed by atoms with van der Waals surface area (Å²) in [6.07, 6.45) is 1.38. The minimum absolute atomic E-state index is 0.00201. The van der Waals surface area contributed by atoms with Gasteiger partial charge in [-0.15, -0.1) is 0 Å². The zero-order chi connectivity index (χ0) is 31.5. The Morgan fingerprint density at radius 3 is 2.23 bits per heavy atom. The van der Waals surface area contributed by atoms with Gasteiger partial charge in [0.15, 0.2) is 6.61 Å². The standard InChI is InChI=1S/C31H29ClN4O7S/c1-41-24-16-17-28(29(18-24)42-2)36(44(39,40)25-8-4-3-5-9-25)20-30(37)35-33-19-22-12-14-23(15-13-22)43-21-31(38)34-27-11-7-6-10-26(27)32/h3-19H,20-21H2,1-2H3,(H,34,38)(H,35,37)/b33-19-. The summed E-state index contributed by atoms with van der Waals surface area (Å²) in [5, 5.41) is 7.05. The van der Waals surface area contributed by atoms with Crippen LogP contribution < -0.4 is 29.3 Å². The minimum Gasteiger partial charge on any atom is -0.497 e. The van der Waals surface area contributed by atoms with Crippen molar-refractivity contribution >= 4 is 51.0 Å². The van der Waals surface area contributed by atoms with Gasteiger partial charge in [0.25, 0.3) is 21.8 Å². The number of carbonyl (C=O) groups excluding carboxylic acids is 2. The topological polar surface area (TPSA) is 136 Å². The lowest BCUT2D eigenvalue weighted by Crippen LogP contribution is -2.39. The third kappa shape index (κ3) is 8.27. The fourth-order valence-electron chi connectivity index (χ4n) is 3.90. The number of methoxy groups -OCH3 is 2. The van der Waals surface area contributed by atoms with Gasteiger partial charge >= 0.3 is 0 Å². The van der Waals surface area contributed by atoms with Crippen LogP contribution in [0, 0.1) is 0 Å². The summed E-state index contributed by atoms with van der Waals surface area (Å²) in [6.45, 7) is -0.809. The number of sulfonamides is 1. The van der Waals surface area contributed by atoms with E-state index in [4.69, 9.17) is 25.8 Å². The van der Waals surface area contributed by atoms with Gasteiger partial charge in [-0.3, -0.25) is 13.9 Å². The lowest BCUT2D eigenvalue weighted by atomic mass is 10.2. The van der Waals surface area contributed by atoms with E-state index in [1.54, 1.807) is 72.8 Å². The molecule has 0 atom stereocenters. The molecule has 0 heterocycles. The van der Waals surface area contributed by atoms with Gasteiger partial charge in [-0.1, -0.05) is 41.9 Å². The third-order valence-electron chi connectivity index (χ3n) is 6.07. The average Bonchev–Trinajstić information content (AvgIpc) is 3.04. The van der Waals surface area contributed by atoms with Crippen LogP contribution in [0.2, 0.25) is 5.02 Å². The van der Waals surface area contributed by atoms with Crippen molar-refractivity contribution in [2.75, 3.05) is 37.0 Å². The van der Waals surface area contributed by atoms with Gasteiger partial charge in [0.1, 0.15) is 23.8 Å². The van der Waals surface area contributed by atoms with Crippen LogP contribution in [0.15, 0.2) is 107 Å². The normalized spacial score (nSPS) is 11.1. The molecule has 13 heteroatoms. The van der Waals surface area contributed by atoms with Crippen LogP contribution in [0.1, 0.15) is 5.56 Å². The molecule has 0 unspecified atom stereocenters. The number of rotatable bonds is 13. The number of carbonyl (C=O) groups is 2. The molecule has 0 aliphatic carbocycles. The summed E-state index contributed by atoms with van der Waals surface area (Å²) in [4.78, 5) is 25.1. The van der Waals surface area contributed by atoms with E-state index in [-0.39, 0.29) is 28.8 Å². The maximum Gasteiger partial charge on any atom is 0.264 e. The number of para-hydroxylation sites is 1. The number of hydrazone groups is 1.